The molecule has 0 aliphatic carbocycles. The van der Waals surface area contributed by atoms with Gasteiger partial charge in [-0.3, -0.25) is 9.69 Å². The van der Waals surface area contributed by atoms with Crippen molar-refractivity contribution in [1.82, 2.24) is 14.5 Å². The van der Waals surface area contributed by atoms with E-state index in [1.54, 1.807) is 14.2 Å². The zero-order valence-electron chi connectivity index (χ0n) is 18.1. The van der Waals surface area contributed by atoms with E-state index in [1.807, 2.05) is 42.7 Å². The van der Waals surface area contributed by atoms with Crippen molar-refractivity contribution in [2.45, 2.75) is 32.1 Å². The molecule has 4 rings (SSSR count). The van der Waals surface area contributed by atoms with E-state index >= 15 is 0 Å². The van der Waals surface area contributed by atoms with Crippen LogP contribution in [0.1, 0.15) is 22.5 Å². The molecule has 0 saturated heterocycles. The summed E-state index contributed by atoms with van der Waals surface area (Å²) in [7, 11) is 4.75. The summed E-state index contributed by atoms with van der Waals surface area (Å²) in [5, 5.41) is 0. The zero-order chi connectivity index (χ0) is 21.8. The number of methoxy groups -OCH3 is 3. The van der Waals surface area contributed by atoms with Gasteiger partial charge in [0.1, 0.15) is 17.5 Å². The summed E-state index contributed by atoms with van der Waals surface area (Å²) in [5.74, 6) is 1.42. The summed E-state index contributed by atoms with van der Waals surface area (Å²) in [4.78, 5) is 19.3. The van der Waals surface area contributed by atoms with Crippen molar-refractivity contribution in [3.8, 4) is 11.5 Å². The van der Waals surface area contributed by atoms with Crippen molar-refractivity contribution in [3.05, 3.63) is 77.4 Å². The molecule has 0 radical (unpaired) electrons. The van der Waals surface area contributed by atoms with E-state index in [0.29, 0.717) is 26.1 Å². The molecule has 162 valence electrons. The van der Waals surface area contributed by atoms with Gasteiger partial charge in [0, 0.05) is 26.1 Å². The van der Waals surface area contributed by atoms with E-state index in [4.69, 9.17) is 14.2 Å². The maximum atomic E-state index is 12.5. The highest BCUT2D eigenvalue weighted by Crippen LogP contribution is 2.26. The highest BCUT2D eigenvalue weighted by molar-refractivity contribution is 5.76. The standard InChI is InChI=1S/C24H27N3O4/c1-29-19-8-4-17(5-9-19)13-26-15-23-21(12-22(26)24(28)31-3)25-16-27(23)14-18-6-10-20(30-2)11-7-18/h4-11,16,22H,12-15H2,1-3H3/t22-/m0/s1. The molecule has 0 bridgehead atoms. The SMILES string of the molecule is COC(=O)[C@@H]1Cc2ncn(Cc3ccc(OC)cc3)c2CN1Cc1ccc(OC)cc1. The zero-order valence-corrected chi connectivity index (χ0v) is 18.1. The molecular weight excluding hydrogens is 394 g/mol. The average Bonchev–Trinajstić information content (AvgIpc) is 3.20. The Morgan fingerprint density at radius 1 is 0.935 bits per heavy atom. The molecule has 1 aliphatic heterocycles. The molecule has 1 aromatic heterocycles. The predicted molar refractivity (Wildman–Crippen MR) is 116 cm³/mol. The predicted octanol–water partition coefficient (Wildman–Crippen LogP) is 3.05. The summed E-state index contributed by atoms with van der Waals surface area (Å²) in [5.41, 5.74) is 4.36. The van der Waals surface area contributed by atoms with Gasteiger partial charge in [-0.15, -0.1) is 0 Å². The van der Waals surface area contributed by atoms with E-state index in [0.717, 1.165) is 34.0 Å². The fourth-order valence-corrected chi connectivity index (χ4v) is 3.98. The van der Waals surface area contributed by atoms with Gasteiger partial charge < -0.3 is 18.8 Å². The molecule has 0 saturated carbocycles. The number of carbonyl (C=O) groups is 1. The van der Waals surface area contributed by atoms with Crippen molar-refractivity contribution in [1.29, 1.82) is 0 Å². The number of imidazole rings is 1. The minimum atomic E-state index is -0.357. The van der Waals surface area contributed by atoms with Gasteiger partial charge in [-0.25, -0.2) is 4.98 Å². The maximum absolute atomic E-state index is 12.5. The highest BCUT2D eigenvalue weighted by Gasteiger charge is 2.34. The molecule has 3 aromatic rings. The second-order valence-electron chi connectivity index (χ2n) is 7.61. The van der Waals surface area contributed by atoms with Gasteiger partial charge in [-0.2, -0.15) is 0 Å². The number of ether oxygens (including phenoxy) is 3. The molecule has 7 nitrogen and oxygen atoms in total. The molecule has 1 aliphatic rings. The topological polar surface area (TPSA) is 65.8 Å². The Kier molecular flexibility index (Phi) is 6.23. The lowest BCUT2D eigenvalue weighted by Gasteiger charge is -2.34. The molecule has 2 heterocycles. The van der Waals surface area contributed by atoms with Crippen molar-refractivity contribution in [3.63, 3.8) is 0 Å². The number of nitrogens with zero attached hydrogens (tertiary/aromatic N) is 3. The maximum Gasteiger partial charge on any atom is 0.323 e. The monoisotopic (exact) mass is 421 g/mol. The Balaban J connectivity index is 1.57. The van der Waals surface area contributed by atoms with Crippen LogP contribution in [0.2, 0.25) is 0 Å². The summed E-state index contributed by atoms with van der Waals surface area (Å²) in [6, 6.07) is 15.6. The van der Waals surface area contributed by atoms with Crippen LogP contribution in [0.3, 0.4) is 0 Å². The smallest absolute Gasteiger partial charge is 0.323 e. The number of hydrogen-bond donors (Lipinski definition) is 0. The van der Waals surface area contributed by atoms with Gasteiger partial charge in [0.15, 0.2) is 0 Å². The van der Waals surface area contributed by atoms with Crippen LogP contribution >= 0.6 is 0 Å². The van der Waals surface area contributed by atoms with E-state index in [-0.39, 0.29) is 12.0 Å². The first-order valence-electron chi connectivity index (χ1n) is 10.2. The first kappa shape index (κ1) is 20.9. The number of rotatable bonds is 7. The molecule has 31 heavy (non-hydrogen) atoms. The normalized spacial score (nSPS) is 15.9. The lowest BCUT2D eigenvalue weighted by molar-refractivity contribution is -0.148. The van der Waals surface area contributed by atoms with Gasteiger partial charge >= 0.3 is 5.97 Å². The number of fused-ring (bicyclic) bond motifs is 1. The molecule has 0 fully saturated rings. The third kappa shape index (κ3) is 4.56. The fourth-order valence-electron chi connectivity index (χ4n) is 3.98. The van der Waals surface area contributed by atoms with Gasteiger partial charge in [-0.05, 0) is 35.4 Å². The lowest BCUT2D eigenvalue weighted by atomic mass is 10.0. The number of hydrogen-bond acceptors (Lipinski definition) is 6. The van der Waals surface area contributed by atoms with Crippen molar-refractivity contribution in [2.24, 2.45) is 0 Å². The summed E-state index contributed by atoms with van der Waals surface area (Å²) in [6.45, 7) is 1.97. The van der Waals surface area contributed by atoms with E-state index in [9.17, 15) is 4.79 Å². The number of benzene rings is 2. The van der Waals surface area contributed by atoms with Gasteiger partial charge in [0.2, 0.25) is 0 Å². The van der Waals surface area contributed by atoms with Crippen LogP contribution in [0.25, 0.3) is 0 Å². The van der Waals surface area contributed by atoms with E-state index in [2.05, 4.69) is 26.6 Å². The van der Waals surface area contributed by atoms with Crippen molar-refractivity contribution in [2.75, 3.05) is 21.3 Å². The average molecular weight is 421 g/mol. The van der Waals surface area contributed by atoms with Gasteiger partial charge in [0.25, 0.3) is 0 Å². The molecule has 2 aromatic carbocycles. The largest absolute Gasteiger partial charge is 0.497 e. The number of esters is 1. The van der Waals surface area contributed by atoms with Crippen LogP contribution in [-0.4, -0.2) is 47.8 Å². The molecule has 1 atom stereocenters. The van der Waals surface area contributed by atoms with E-state index < -0.39 is 0 Å². The van der Waals surface area contributed by atoms with Gasteiger partial charge in [0.05, 0.1) is 39.0 Å². The van der Waals surface area contributed by atoms with Gasteiger partial charge in [-0.1, -0.05) is 24.3 Å². The lowest BCUT2D eigenvalue weighted by Crippen LogP contribution is -2.46. The third-order valence-corrected chi connectivity index (χ3v) is 5.74. The van der Waals surface area contributed by atoms with Crippen molar-refractivity contribution < 1.29 is 19.0 Å². The van der Waals surface area contributed by atoms with Crippen LogP contribution in [0.5, 0.6) is 11.5 Å². The van der Waals surface area contributed by atoms with Crippen LogP contribution in [0, 0.1) is 0 Å². The molecule has 0 N–H and O–H groups in total. The highest BCUT2D eigenvalue weighted by atomic mass is 16.5. The summed E-state index contributed by atoms with van der Waals surface area (Å²) >= 11 is 0. The van der Waals surface area contributed by atoms with E-state index in [1.165, 1.54) is 7.11 Å². The quantitative estimate of drug-likeness (QED) is 0.547. The van der Waals surface area contributed by atoms with Crippen LogP contribution in [-0.2, 0) is 35.6 Å². The Hall–Kier alpha value is -3.32. The summed E-state index contributed by atoms with van der Waals surface area (Å²) in [6.07, 6.45) is 2.40. The molecule has 7 heteroatoms. The van der Waals surface area contributed by atoms with Crippen LogP contribution in [0.15, 0.2) is 54.9 Å². The number of aromatic nitrogens is 2. The molecule has 0 unspecified atom stereocenters. The molecular formula is C24H27N3O4. The third-order valence-electron chi connectivity index (χ3n) is 5.74. The second-order valence-corrected chi connectivity index (χ2v) is 7.61. The molecule has 0 spiro atoms. The molecule has 0 amide bonds. The second kappa shape index (κ2) is 9.22. The fraction of sp³-hybridized carbons (Fsp3) is 0.333. The number of carbonyl (C=O) groups excluding carboxylic acids is 1. The minimum Gasteiger partial charge on any atom is -0.497 e. The van der Waals surface area contributed by atoms with Crippen LogP contribution < -0.4 is 9.47 Å². The Morgan fingerprint density at radius 2 is 1.52 bits per heavy atom. The Labute approximate surface area is 182 Å². The summed E-state index contributed by atoms with van der Waals surface area (Å²) < 4.78 is 17.7. The Morgan fingerprint density at radius 3 is 2.06 bits per heavy atom. The minimum absolute atomic E-state index is 0.233. The van der Waals surface area contributed by atoms with Crippen LogP contribution in [0.4, 0.5) is 0 Å². The first-order chi connectivity index (χ1) is 15.1. The first-order valence-corrected chi connectivity index (χ1v) is 10.2. The Bertz CT molecular complexity index is 1030. The van der Waals surface area contributed by atoms with Crippen molar-refractivity contribution >= 4 is 5.97 Å².